The van der Waals surface area contributed by atoms with Crippen LogP contribution in [-0.2, 0) is 16.0 Å². The van der Waals surface area contributed by atoms with Gasteiger partial charge in [0.05, 0.1) is 25.1 Å². The van der Waals surface area contributed by atoms with Crippen molar-refractivity contribution in [2.45, 2.75) is 25.7 Å². The maximum absolute atomic E-state index is 11.3. The van der Waals surface area contributed by atoms with Crippen LogP contribution < -0.4 is 0 Å². The molecule has 0 unspecified atom stereocenters. The van der Waals surface area contributed by atoms with Gasteiger partial charge in [0, 0.05) is 13.1 Å². The van der Waals surface area contributed by atoms with E-state index in [0.29, 0.717) is 6.54 Å². The first-order valence-corrected chi connectivity index (χ1v) is 7.42. The van der Waals surface area contributed by atoms with Crippen LogP contribution in [0.3, 0.4) is 0 Å². The summed E-state index contributed by atoms with van der Waals surface area (Å²) in [4.78, 5) is 13.4. The normalized spacial score (nSPS) is 17.9. The number of aryl methyl sites for hydroxylation is 1. The fourth-order valence-electron chi connectivity index (χ4n) is 2.83. The van der Waals surface area contributed by atoms with E-state index >= 15 is 0 Å². The van der Waals surface area contributed by atoms with Gasteiger partial charge >= 0.3 is 5.97 Å². The molecule has 0 saturated carbocycles. The number of hydrogen-bond acceptors (Lipinski definition) is 4. The van der Waals surface area contributed by atoms with Gasteiger partial charge in [0.2, 0.25) is 0 Å². The molecule has 4 nitrogen and oxygen atoms in total. The second-order valence-electron chi connectivity index (χ2n) is 5.73. The maximum atomic E-state index is 11.3. The largest absolute Gasteiger partial charge is 0.468 e. The highest BCUT2D eigenvalue weighted by molar-refractivity contribution is 5.71. The van der Waals surface area contributed by atoms with Gasteiger partial charge in [-0.25, -0.2) is 0 Å². The average Bonchev–Trinajstić information content (AvgIpc) is 2.55. The van der Waals surface area contributed by atoms with Gasteiger partial charge in [0.15, 0.2) is 0 Å². The number of rotatable bonds is 5. The number of nitriles is 1. The van der Waals surface area contributed by atoms with Crippen LogP contribution in [0.5, 0.6) is 0 Å². The number of nitrogens with zero attached hydrogens (tertiary/aromatic N) is 2. The Morgan fingerprint density at radius 1 is 1.33 bits per heavy atom. The summed E-state index contributed by atoms with van der Waals surface area (Å²) in [5.41, 5.74) is 1.03. The van der Waals surface area contributed by atoms with Crippen molar-refractivity contribution in [1.29, 1.82) is 5.26 Å². The fourth-order valence-corrected chi connectivity index (χ4v) is 2.83. The molecule has 1 saturated heterocycles. The van der Waals surface area contributed by atoms with Crippen LogP contribution in [0.1, 0.15) is 24.8 Å². The van der Waals surface area contributed by atoms with Crippen molar-refractivity contribution in [3.63, 3.8) is 0 Å². The molecular weight excluding hydrogens is 264 g/mol. The lowest BCUT2D eigenvalue weighted by atomic mass is 9.75. The maximum Gasteiger partial charge on any atom is 0.319 e. The van der Waals surface area contributed by atoms with Crippen LogP contribution in [0.4, 0.5) is 0 Å². The number of piperidine rings is 1. The van der Waals surface area contributed by atoms with E-state index in [-0.39, 0.29) is 11.4 Å². The molecule has 1 aliphatic rings. The number of methoxy groups -OCH3 is 1. The zero-order valence-electron chi connectivity index (χ0n) is 12.5. The summed E-state index contributed by atoms with van der Waals surface area (Å²) in [6, 6.07) is 12.8. The Kier molecular flexibility index (Phi) is 5.35. The average molecular weight is 286 g/mol. The van der Waals surface area contributed by atoms with E-state index in [1.165, 1.54) is 12.7 Å². The molecule has 2 rings (SSSR count). The molecule has 1 heterocycles. The number of carbonyl (C=O) groups excluding carboxylic acids is 1. The van der Waals surface area contributed by atoms with Gasteiger partial charge < -0.3 is 4.74 Å². The van der Waals surface area contributed by atoms with Gasteiger partial charge in [0.1, 0.15) is 0 Å². The zero-order valence-corrected chi connectivity index (χ0v) is 12.5. The van der Waals surface area contributed by atoms with Crippen molar-refractivity contribution in [2.75, 3.05) is 26.7 Å². The van der Waals surface area contributed by atoms with Crippen molar-refractivity contribution >= 4 is 5.97 Å². The third-order valence-electron chi connectivity index (χ3n) is 4.37. The number of carbonyl (C=O) groups is 1. The van der Waals surface area contributed by atoms with Crippen molar-refractivity contribution in [3.8, 4) is 6.07 Å². The molecule has 0 spiro atoms. The highest BCUT2D eigenvalue weighted by Crippen LogP contribution is 2.35. The molecule has 0 bridgehead atoms. The molecule has 1 aromatic rings. The summed E-state index contributed by atoms with van der Waals surface area (Å²) in [5, 5.41) is 9.57. The molecule has 21 heavy (non-hydrogen) atoms. The van der Waals surface area contributed by atoms with Crippen LogP contribution in [0.2, 0.25) is 0 Å². The monoisotopic (exact) mass is 286 g/mol. The molecule has 0 radical (unpaired) electrons. The molecule has 0 aliphatic carbocycles. The lowest BCUT2D eigenvalue weighted by molar-refractivity contribution is -0.142. The van der Waals surface area contributed by atoms with E-state index in [1.807, 2.05) is 18.2 Å². The van der Waals surface area contributed by atoms with E-state index < -0.39 is 0 Å². The fraction of sp³-hybridized carbons (Fsp3) is 0.529. The van der Waals surface area contributed by atoms with E-state index in [2.05, 4.69) is 23.1 Å². The first-order valence-electron chi connectivity index (χ1n) is 7.42. The lowest BCUT2D eigenvalue weighted by Gasteiger charge is -2.36. The quantitative estimate of drug-likeness (QED) is 0.780. The molecule has 112 valence electrons. The minimum absolute atomic E-state index is 0.205. The predicted octanol–water partition coefficient (Wildman–Crippen LogP) is 2.40. The number of benzene rings is 1. The summed E-state index contributed by atoms with van der Waals surface area (Å²) in [6.07, 6.45) is 3.48. The van der Waals surface area contributed by atoms with E-state index in [9.17, 15) is 10.1 Å². The number of esters is 1. The van der Waals surface area contributed by atoms with Gasteiger partial charge in [-0.05, 0) is 31.2 Å². The van der Waals surface area contributed by atoms with Crippen LogP contribution in [-0.4, -0.2) is 37.6 Å². The SMILES string of the molecule is COC(=O)CN1CCC(C#N)(CCc2ccccc2)CC1. The van der Waals surface area contributed by atoms with Crippen molar-refractivity contribution in [1.82, 2.24) is 4.90 Å². The first-order chi connectivity index (χ1) is 10.2. The van der Waals surface area contributed by atoms with Gasteiger partial charge in [0.25, 0.3) is 0 Å². The number of likely N-dealkylation sites (tertiary alicyclic amines) is 1. The third-order valence-corrected chi connectivity index (χ3v) is 4.37. The molecule has 0 atom stereocenters. The summed E-state index contributed by atoms with van der Waals surface area (Å²) >= 11 is 0. The van der Waals surface area contributed by atoms with Crippen molar-refractivity contribution in [3.05, 3.63) is 35.9 Å². The smallest absolute Gasteiger partial charge is 0.319 e. The minimum Gasteiger partial charge on any atom is -0.468 e. The molecule has 4 heteroatoms. The summed E-state index contributed by atoms with van der Waals surface area (Å²) in [6.45, 7) is 1.91. The molecule has 1 aliphatic heterocycles. The Morgan fingerprint density at radius 3 is 2.57 bits per heavy atom. The predicted molar refractivity (Wildman–Crippen MR) is 80.5 cm³/mol. The summed E-state index contributed by atoms with van der Waals surface area (Å²) in [7, 11) is 1.41. The summed E-state index contributed by atoms with van der Waals surface area (Å²) < 4.78 is 4.69. The Labute approximate surface area is 126 Å². The number of hydrogen-bond donors (Lipinski definition) is 0. The Balaban J connectivity index is 1.87. The second kappa shape index (κ2) is 7.24. The molecular formula is C17H22N2O2. The highest BCUT2D eigenvalue weighted by Gasteiger charge is 2.34. The van der Waals surface area contributed by atoms with Gasteiger partial charge in [-0.15, -0.1) is 0 Å². The second-order valence-corrected chi connectivity index (χ2v) is 5.73. The highest BCUT2D eigenvalue weighted by atomic mass is 16.5. The minimum atomic E-state index is -0.248. The van der Waals surface area contributed by atoms with Crippen LogP contribution in [0.15, 0.2) is 30.3 Å². The zero-order chi connectivity index (χ0) is 15.1. The third kappa shape index (κ3) is 4.30. The molecule has 1 aromatic carbocycles. The Bertz CT molecular complexity index is 499. The van der Waals surface area contributed by atoms with E-state index in [1.54, 1.807) is 0 Å². The molecule has 0 aromatic heterocycles. The van der Waals surface area contributed by atoms with E-state index in [4.69, 9.17) is 4.74 Å². The van der Waals surface area contributed by atoms with Crippen LogP contribution >= 0.6 is 0 Å². The summed E-state index contributed by atoms with van der Waals surface area (Å²) in [5.74, 6) is -0.205. The molecule has 0 amide bonds. The molecule has 0 N–H and O–H groups in total. The Morgan fingerprint density at radius 2 is 2.00 bits per heavy atom. The van der Waals surface area contributed by atoms with Gasteiger partial charge in [-0.2, -0.15) is 5.26 Å². The van der Waals surface area contributed by atoms with Gasteiger partial charge in [-0.1, -0.05) is 30.3 Å². The number of ether oxygens (including phenoxy) is 1. The van der Waals surface area contributed by atoms with Gasteiger partial charge in [-0.3, -0.25) is 9.69 Å². The Hall–Kier alpha value is -1.86. The molecule has 1 fully saturated rings. The van der Waals surface area contributed by atoms with E-state index in [0.717, 1.165) is 38.8 Å². The van der Waals surface area contributed by atoms with Crippen LogP contribution in [0, 0.1) is 16.7 Å². The van der Waals surface area contributed by atoms with Crippen molar-refractivity contribution < 1.29 is 9.53 Å². The first kappa shape index (κ1) is 15.5. The lowest BCUT2D eigenvalue weighted by Crippen LogP contribution is -2.42. The van der Waals surface area contributed by atoms with Crippen molar-refractivity contribution in [2.24, 2.45) is 5.41 Å². The topological polar surface area (TPSA) is 53.3 Å². The standard InChI is InChI=1S/C17H22N2O2/c1-21-16(20)13-19-11-9-17(14-18,10-12-19)8-7-15-5-3-2-4-6-15/h2-6H,7-13H2,1H3. The van der Waals surface area contributed by atoms with Crippen LogP contribution in [0.25, 0.3) is 0 Å².